The number of hydrogen-bond donors (Lipinski definition) is 2. The van der Waals surface area contributed by atoms with Gasteiger partial charge in [-0.2, -0.15) is 0 Å². The van der Waals surface area contributed by atoms with Crippen molar-refractivity contribution in [3.05, 3.63) is 84.9 Å². The Morgan fingerprint density at radius 2 is 0.893 bits per heavy atom. The van der Waals surface area contributed by atoms with Gasteiger partial charge in [0.1, 0.15) is 0 Å². The first kappa shape index (κ1) is 19.0. The van der Waals surface area contributed by atoms with Crippen LogP contribution in [0.4, 0.5) is 32.3 Å². The molecular formula is C22H22N4O2. The van der Waals surface area contributed by atoms with Gasteiger partial charge in [0.15, 0.2) is 0 Å². The van der Waals surface area contributed by atoms with Crippen LogP contribution in [0.1, 0.15) is 0 Å². The molecule has 3 aromatic rings. The van der Waals surface area contributed by atoms with Crippen LogP contribution in [0.3, 0.4) is 0 Å². The molecule has 2 N–H and O–H groups in total. The molecule has 0 saturated heterocycles. The van der Waals surface area contributed by atoms with Gasteiger partial charge in [-0.15, -0.1) is 0 Å². The first-order valence-corrected chi connectivity index (χ1v) is 8.84. The number of nitrogens with zero attached hydrogens (tertiary/aromatic N) is 2. The van der Waals surface area contributed by atoms with E-state index in [1.165, 1.54) is 9.80 Å². The lowest BCUT2D eigenvalue weighted by atomic mass is 10.2. The number of carbonyl (C=O) groups excluding carboxylic acids is 2. The van der Waals surface area contributed by atoms with E-state index in [1.807, 2.05) is 60.7 Å². The number of nitrogens with one attached hydrogen (secondary N) is 2. The number of hydrogen-bond acceptors (Lipinski definition) is 2. The fraction of sp³-hybridized carbons (Fsp3) is 0.0909. The number of carbonyl (C=O) groups is 2. The fourth-order valence-electron chi connectivity index (χ4n) is 2.59. The van der Waals surface area contributed by atoms with Crippen molar-refractivity contribution in [1.82, 2.24) is 0 Å². The minimum atomic E-state index is -0.244. The van der Waals surface area contributed by atoms with Gasteiger partial charge in [-0.1, -0.05) is 36.4 Å². The van der Waals surface area contributed by atoms with Gasteiger partial charge in [-0.3, -0.25) is 9.80 Å². The predicted octanol–water partition coefficient (Wildman–Crippen LogP) is 5.02. The van der Waals surface area contributed by atoms with Crippen LogP contribution in [0.25, 0.3) is 0 Å². The zero-order valence-corrected chi connectivity index (χ0v) is 15.8. The summed E-state index contributed by atoms with van der Waals surface area (Å²) in [6, 6.07) is 25.3. The van der Waals surface area contributed by atoms with Gasteiger partial charge in [0.25, 0.3) is 0 Å². The van der Waals surface area contributed by atoms with E-state index in [0.29, 0.717) is 11.4 Å². The second-order valence-electron chi connectivity index (χ2n) is 6.23. The maximum atomic E-state index is 12.4. The third kappa shape index (κ3) is 4.67. The summed E-state index contributed by atoms with van der Waals surface area (Å²) in [6.45, 7) is 0. The van der Waals surface area contributed by atoms with Crippen LogP contribution in [-0.4, -0.2) is 26.2 Å². The summed E-state index contributed by atoms with van der Waals surface area (Å²) in [6.07, 6.45) is 0. The maximum Gasteiger partial charge on any atom is 0.326 e. The minimum Gasteiger partial charge on any atom is -0.308 e. The summed E-state index contributed by atoms with van der Waals surface area (Å²) in [5.41, 5.74) is 2.88. The molecule has 0 aliphatic carbocycles. The molecule has 3 aromatic carbocycles. The number of rotatable bonds is 4. The molecule has 3 rings (SSSR count). The fourth-order valence-corrected chi connectivity index (χ4v) is 2.59. The van der Waals surface area contributed by atoms with Crippen molar-refractivity contribution in [2.45, 2.75) is 0 Å². The van der Waals surface area contributed by atoms with Crippen LogP contribution in [0, 0.1) is 0 Å². The van der Waals surface area contributed by atoms with Crippen molar-refractivity contribution in [3.8, 4) is 0 Å². The maximum absolute atomic E-state index is 12.4. The van der Waals surface area contributed by atoms with E-state index in [1.54, 1.807) is 38.4 Å². The SMILES string of the molecule is CN(C(=O)Nc1ccc(NC(=O)N(C)c2ccccc2)cc1)c1ccccc1. The van der Waals surface area contributed by atoms with Gasteiger partial charge < -0.3 is 10.6 Å². The topological polar surface area (TPSA) is 64.7 Å². The Morgan fingerprint density at radius 1 is 0.571 bits per heavy atom. The lowest BCUT2D eigenvalue weighted by Crippen LogP contribution is -2.31. The van der Waals surface area contributed by atoms with E-state index in [-0.39, 0.29) is 12.1 Å². The monoisotopic (exact) mass is 374 g/mol. The van der Waals surface area contributed by atoms with E-state index >= 15 is 0 Å². The number of benzene rings is 3. The molecule has 0 radical (unpaired) electrons. The van der Waals surface area contributed by atoms with Crippen molar-refractivity contribution >= 4 is 34.8 Å². The average Bonchev–Trinajstić information content (AvgIpc) is 2.75. The van der Waals surface area contributed by atoms with Crippen LogP contribution in [-0.2, 0) is 0 Å². The predicted molar refractivity (Wildman–Crippen MR) is 114 cm³/mol. The van der Waals surface area contributed by atoms with Gasteiger partial charge in [0, 0.05) is 36.8 Å². The molecule has 0 aliphatic heterocycles. The molecule has 4 amide bonds. The molecule has 6 heteroatoms. The molecule has 0 aromatic heterocycles. The molecule has 0 heterocycles. The van der Waals surface area contributed by atoms with E-state index in [9.17, 15) is 9.59 Å². The molecule has 0 fully saturated rings. The van der Waals surface area contributed by atoms with Crippen molar-refractivity contribution < 1.29 is 9.59 Å². The van der Waals surface area contributed by atoms with Gasteiger partial charge >= 0.3 is 12.1 Å². The molecule has 0 unspecified atom stereocenters. The van der Waals surface area contributed by atoms with E-state index < -0.39 is 0 Å². The molecule has 142 valence electrons. The zero-order chi connectivity index (χ0) is 19.9. The van der Waals surface area contributed by atoms with Crippen molar-refractivity contribution in [2.75, 3.05) is 34.5 Å². The normalized spacial score (nSPS) is 10.1. The number of amides is 4. The van der Waals surface area contributed by atoms with E-state index in [2.05, 4.69) is 10.6 Å². The van der Waals surface area contributed by atoms with Crippen molar-refractivity contribution in [1.29, 1.82) is 0 Å². The summed E-state index contributed by atoms with van der Waals surface area (Å²) < 4.78 is 0. The second-order valence-corrected chi connectivity index (χ2v) is 6.23. The highest BCUT2D eigenvalue weighted by molar-refractivity contribution is 6.02. The molecule has 0 spiro atoms. The molecule has 0 atom stereocenters. The number of anilines is 4. The lowest BCUT2D eigenvalue weighted by Gasteiger charge is -2.19. The zero-order valence-electron chi connectivity index (χ0n) is 15.8. The summed E-state index contributed by atoms with van der Waals surface area (Å²) in [5.74, 6) is 0. The Morgan fingerprint density at radius 3 is 1.21 bits per heavy atom. The summed E-state index contributed by atoms with van der Waals surface area (Å²) >= 11 is 0. The van der Waals surface area contributed by atoms with Crippen LogP contribution >= 0.6 is 0 Å². The first-order chi connectivity index (χ1) is 13.5. The van der Waals surface area contributed by atoms with Crippen LogP contribution in [0.5, 0.6) is 0 Å². The summed E-state index contributed by atoms with van der Waals surface area (Å²) in [4.78, 5) is 27.8. The molecule has 0 bridgehead atoms. The van der Waals surface area contributed by atoms with Crippen molar-refractivity contribution in [3.63, 3.8) is 0 Å². The first-order valence-electron chi connectivity index (χ1n) is 8.84. The van der Waals surface area contributed by atoms with Crippen molar-refractivity contribution in [2.24, 2.45) is 0 Å². The molecular weight excluding hydrogens is 352 g/mol. The van der Waals surface area contributed by atoms with Gasteiger partial charge in [0.2, 0.25) is 0 Å². The van der Waals surface area contributed by atoms with Gasteiger partial charge in [-0.05, 0) is 48.5 Å². The minimum absolute atomic E-state index is 0.244. The van der Waals surface area contributed by atoms with Crippen LogP contribution < -0.4 is 20.4 Å². The van der Waals surface area contributed by atoms with E-state index in [0.717, 1.165) is 11.4 Å². The third-order valence-electron chi connectivity index (χ3n) is 4.28. The molecule has 0 saturated carbocycles. The largest absolute Gasteiger partial charge is 0.326 e. The molecule has 0 aliphatic rings. The second kappa shape index (κ2) is 8.73. The molecule has 6 nitrogen and oxygen atoms in total. The Labute approximate surface area is 164 Å². The Hall–Kier alpha value is -3.80. The summed E-state index contributed by atoms with van der Waals surface area (Å²) in [5, 5.41) is 5.67. The number of urea groups is 2. The molecule has 28 heavy (non-hydrogen) atoms. The Kier molecular flexibility index (Phi) is 5.91. The van der Waals surface area contributed by atoms with E-state index in [4.69, 9.17) is 0 Å². The highest BCUT2D eigenvalue weighted by atomic mass is 16.2. The Bertz CT molecular complexity index is 849. The standard InChI is InChI=1S/C22H22N4O2/c1-25(19-9-5-3-6-10-19)21(27)23-17-13-15-18(16-14-17)24-22(28)26(2)20-11-7-4-8-12-20/h3-16H,1-2H3,(H,23,27)(H,24,28). The summed E-state index contributed by atoms with van der Waals surface area (Å²) in [7, 11) is 3.41. The van der Waals surface area contributed by atoms with Gasteiger partial charge in [0.05, 0.1) is 0 Å². The third-order valence-corrected chi connectivity index (χ3v) is 4.28. The Balaban J connectivity index is 1.59. The van der Waals surface area contributed by atoms with Crippen LogP contribution in [0.15, 0.2) is 84.9 Å². The smallest absolute Gasteiger partial charge is 0.308 e. The number of para-hydroxylation sites is 2. The average molecular weight is 374 g/mol. The van der Waals surface area contributed by atoms with Gasteiger partial charge in [-0.25, -0.2) is 9.59 Å². The lowest BCUT2D eigenvalue weighted by molar-refractivity contribution is 0.257. The highest BCUT2D eigenvalue weighted by Gasteiger charge is 2.12. The van der Waals surface area contributed by atoms with Crippen LogP contribution in [0.2, 0.25) is 0 Å². The quantitative estimate of drug-likeness (QED) is 0.673. The highest BCUT2D eigenvalue weighted by Crippen LogP contribution is 2.18.